The minimum atomic E-state index is -0.738. The van der Waals surface area contributed by atoms with Crippen LogP contribution in [0.2, 0.25) is 0 Å². The summed E-state index contributed by atoms with van der Waals surface area (Å²) in [4.78, 5) is 11.4. The van der Waals surface area contributed by atoms with Crippen LogP contribution in [0.5, 0.6) is 0 Å². The molecular formula is C12H17NO3. The summed E-state index contributed by atoms with van der Waals surface area (Å²) in [6, 6.07) is 9.12. The van der Waals surface area contributed by atoms with Crippen molar-refractivity contribution in [3.8, 4) is 0 Å². The van der Waals surface area contributed by atoms with Crippen LogP contribution in [0, 0.1) is 0 Å². The molecule has 0 saturated carbocycles. The Labute approximate surface area is 95.2 Å². The van der Waals surface area contributed by atoms with Crippen molar-refractivity contribution in [2.45, 2.75) is 25.9 Å². The summed E-state index contributed by atoms with van der Waals surface area (Å²) >= 11 is 0. The van der Waals surface area contributed by atoms with Crippen LogP contribution in [-0.2, 0) is 9.53 Å². The van der Waals surface area contributed by atoms with Crippen LogP contribution in [0.1, 0.15) is 31.4 Å². The molecule has 1 rings (SSSR count). The zero-order valence-corrected chi connectivity index (χ0v) is 9.35. The molecule has 0 heterocycles. The molecule has 0 aliphatic carbocycles. The summed E-state index contributed by atoms with van der Waals surface area (Å²) in [7, 11) is 0. The second-order valence-corrected chi connectivity index (χ2v) is 3.49. The van der Waals surface area contributed by atoms with Crippen LogP contribution >= 0.6 is 0 Å². The maximum absolute atomic E-state index is 11.4. The molecule has 1 aromatic rings. The number of rotatable bonds is 6. The monoisotopic (exact) mass is 223 g/mol. The van der Waals surface area contributed by atoms with Crippen molar-refractivity contribution in [1.29, 1.82) is 0 Å². The minimum Gasteiger partial charge on any atom is -0.364 e. The number of ether oxygens (including phenoxy) is 1. The highest BCUT2D eigenvalue weighted by molar-refractivity contribution is 5.81. The highest BCUT2D eigenvalue weighted by Gasteiger charge is 2.20. The van der Waals surface area contributed by atoms with E-state index >= 15 is 0 Å². The van der Waals surface area contributed by atoms with Crippen LogP contribution in [0.4, 0.5) is 0 Å². The van der Waals surface area contributed by atoms with E-state index in [4.69, 9.17) is 9.94 Å². The van der Waals surface area contributed by atoms with Crippen molar-refractivity contribution in [1.82, 2.24) is 5.48 Å². The van der Waals surface area contributed by atoms with Gasteiger partial charge < -0.3 is 4.74 Å². The first-order chi connectivity index (χ1) is 7.79. The van der Waals surface area contributed by atoms with Gasteiger partial charge in [0.25, 0.3) is 5.91 Å². The van der Waals surface area contributed by atoms with Gasteiger partial charge in [-0.3, -0.25) is 10.0 Å². The second kappa shape index (κ2) is 6.98. The Morgan fingerprint density at radius 2 is 2.12 bits per heavy atom. The number of amides is 1. The molecule has 0 radical (unpaired) electrons. The maximum atomic E-state index is 11.4. The molecule has 88 valence electrons. The lowest BCUT2D eigenvalue weighted by molar-refractivity contribution is -0.142. The molecule has 0 saturated heterocycles. The summed E-state index contributed by atoms with van der Waals surface area (Å²) in [6.45, 7) is 2.55. The predicted octanol–water partition coefficient (Wildman–Crippen LogP) is 2.05. The fraction of sp³-hybridized carbons (Fsp3) is 0.417. The highest BCUT2D eigenvalue weighted by atomic mass is 16.5. The molecule has 0 fully saturated rings. The topological polar surface area (TPSA) is 58.6 Å². The first kappa shape index (κ1) is 12.7. The highest BCUT2D eigenvalue weighted by Crippen LogP contribution is 2.17. The van der Waals surface area contributed by atoms with Crippen LogP contribution in [0.15, 0.2) is 30.3 Å². The van der Waals surface area contributed by atoms with Crippen molar-refractivity contribution >= 4 is 5.91 Å². The lowest BCUT2D eigenvalue weighted by atomic mass is 10.1. The van der Waals surface area contributed by atoms with Crippen LogP contribution < -0.4 is 5.48 Å². The standard InChI is InChI=1S/C12H17NO3/c1-2-3-9-16-11(12(14)13-15)10-7-5-4-6-8-10/h4-8,11,15H,2-3,9H2,1H3,(H,13,14). The number of hydrogen-bond donors (Lipinski definition) is 2. The van der Waals surface area contributed by atoms with Gasteiger partial charge in [-0.05, 0) is 12.0 Å². The third kappa shape index (κ3) is 3.64. The molecule has 1 aromatic carbocycles. The fourth-order valence-electron chi connectivity index (χ4n) is 1.36. The SMILES string of the molecule is CCCCOC(C(=O)NO)c1ccccc1. The van der Waals surface area contributed by atoms with Gasteiger partial charge in [-0.1, -0.05) is 43.7 Å². The molecule has 1 unspecified atom stereocenters. The fourth-order valence-corrected chi connectivity index (χ4v) is 1.36. The van der Waals surface area contributed by atoms with Gasteiger partial charge in [0.15, 0.2) is 6.10 Å². The number of unbranched alkanes of at least 4 members (excludes halogenated alkanes) is 1. The molecule has 0 bridgehead atoms. The predicted molar refractivity (Wildman–Crippen MR) is 60.0 cm³/mol. The molecule has 0 aromatic heterocycles. The van der Waals surface area contributed by atoms with Gasteiger partial charge in [-0.2, -0.15) is 0 Å². The summed E-state index contributed by atoms with van der Waals surface area (Å²) in [5.74, 6) is -0.540. The maximum Gasteiger partial charge on any atom is 0.277 e. The molecule has 0 aliphatic heterocycles. The molecule has 1 atom stereocenters. The Kier molecular flexibility index (Phi) is 5.53. The van der Waals surface area contributed by atoms with E-state index in [2.05, 4.69) is 0 Å². The van der Waals surface area contributed by atoms with E-state index < -0.39 is 12.0 Å². The number of hydrogen-bond acceptors (Lipinski definition) is 3. The summed E-state index contributed by atoms with van der Waals surface area (Å²) < 4.78 is 5.45. The molecular weight excluding hydrogens is 206 g/mol. The normalized spacial score (nSPS) is 12.1. The van der Waals surface area contributed by atoms with E-state index in [1.165, 1.54) is 0 Å². The number of carbonyl (C=O) groups excluding carboxylic acids is 1. The van der Waals surface area contributed by atoms with Gasteiger partial charge in [0.1, 0.15) is 0 Å². The van der Waals surface area contributed by atoms with Crippen molar-refractivity contribution in [2.24, 2.45) is 0 Å². The molecule has 16 heavy (non-hydrogen) atoms. The number of nitrogens with one attached hydrogen (secondary N) is 1. The molecule has 0 aliphatic rings. The third-order valence-corrected chi connectivity index (χ3v) is 2.23. The smallest absolute Gasteiger partial charge is 0.277 e. The molecule has 4 heteroatoms. The lowest BCUT2D eigenvalue weighted by Gasteiger charge is -2.15. The Morgan fingerprint density at radius 3 is 2.69 bits per heavy atom. The Morgan fingerprint density at radius 1 is 1.44 bits per heavy atom. The van der Waals surface area contributed by atoms with E-state index in [1.54, 1.807) is 17.6 Å². The zero-order valence-electron chi connectivity index (χ0n) is 9.35. The van der Waals surface area contributed by atoms with Gasteiger partial charge in [-0.15, -0.1) is 0 Å². The van der Waals surface area contributed by atoms with Crippen LogP contribution in [0.25, 0.3) is 0 Å². The van der Waals surface area contributed by atoms with Crippen molar-refractivity contribution in [3.63, 3.8) is 0 Å². The summed E-state index contributed by atoms with van der Waals surface area (Å²) in [6.07, 6.45) is 1.15. The first-order valence-corrected chi connectivity index (χ1v) is 5.40. The molecule has 0 spiro atoms. The van der Waals surface area contributed by atoms with E-state index in [9.17, 15) is 4.79 Å². The average Bonchev–Trinajstić information content (AvgIpc) is 2.35. The van der Waals surface area contributed by atoms with Gasteiger partial charge in [0.05, 0.1) is 0 Å². The van der Waals surface area contributed by atoms with Crippen molar-refractivity contribution in [2.75, 3.05) is 6.61 Å². The second-order valence-electron chi connectivity index (χ2n) is 3.49. The van der Waals surface area contributed by atoms with Crippen LogP contribution in [0.3, 0.4) is 0 Å². The van der Waals surface area contributed by atoms with E-state index in [0.29, 0.717) is 6.61 Å². The Hall–Kier alpha value is -1.39. The quantitative estimate of drug-likeness (QED) is 0.441. The Balaban J connectivity index is 2.68. The zero-order chi connectivity index (χ0) is 11.8. The molecule has 4 nitrogen and oxygen atoms in total. The number of hydroxylamine groups is 1. The minimum absolute atomic E-state index is 0.503. The molecule has 2 N–H and O–H groups in total. The third-order valence-electron chi connectivity index (χ3n) is 2.23. The lowest BCUT2D eigenvalue weighted by Crippen LogP contribution is -2.28. The van der Waals surface area contributed by atoms with Crippen LogP contribution in [-0.4, -0.2) is 17.7 Å². The Bertz CT molecular complexity index is 313. The van der Waals surface area contributed by atoms with E-state index in [1.807, 2.05) is 25.1 Å². The first-order valence-electron chi connectivity index (χ1n) is 5.40. The largest absolute Gasteiger partial charge is 0.364 e. The van der Waals surface area contributed by atoms with Gasteiger partial charge >= 0.3 is 0 Å². The summed E-state index contributed by atoms with van der Waals surface area (Å²) in [5.41, 5.74) is 2.37. The van der Waals surface area contributed by atoms with Crippen molar-refractivity contribution in [3.05, 3.63) is 35.9 Å². The van der Waals surface area contributed by atoms with Gasteiger partial charge in [0.2, 0.25) is 0 Å². The van der Waals surface area contributed by atoms with Gasteiger partial charge in [-0.25, -0.2) is 5.48 Å². The summed E-state index contributed by atoms with van der Waals surface area (Å²) in [5, 5.41) is 8.64. The number of carbonyl (C=O) groups is 1. The number of benzene rings is 1. The molecule has 1 amide bonds. The van der Waals surface area contributed by atoms with E-state index in [0.717, 1.165) is 18.4 Å². The average molecular weight is 223 g/mol. The van der Waals surface area contributed by atoms with E-state index in [-0.39, 0.29) is 0 Å². The van der Waals surface area contributed by atoms with Crippen molar-refractivity contribution < 1.29 is 14.7 Å². The van der Waals surface area contributed by atoms with Gasteiger partial charge in [0, 0.05) is 6.61 Å².